The minimum Gasteiger partial charge on any atom is -0.330 e. The lowest BCUT2D eigenvalue weighted by atomic mass is 10.0. The molecule has 0 saturated heterocycles. The van der Waals surface area contributed by atoms with E-state index in [-0.39, 0.29) is 0 Å². The number of nitrogens with two attached hydrogens (primary N) is 1. The summed E-state index contributed by atoms with van der Waals surface area (Å²) in [7, 11) is -4.67. The third-order valence-corrected chi connectivity index (χ3v) is 5.06. The van der Waals surface area contributed by atoms with Gasteiger partial charge < -0.3 is 5.73 Å². The molecular formula is C22H49NO4S. The zero-order valence-electron chi connectivity index (χ0n) is 18.5. The van der Waals surface area contributed by atoms with Crippen LogP contribution < -0.4 is 5.73 Å². The Morgan fingerprint density at radius 3 is 0.857 bits per heavy atom. The maximum absolute atomic E-state index is 8.74. The van der Waals surface area contributed by atoms with Crippen molar-refractivity contribution in [2.75, 3.05) is 6.54 Å². The van der Waals surface area contributed by atoms with Gasteiger partial charge in [0.1, 0.15) is 0 Å². The number of hydrogen-bond acceptors (Lipinski definition) is 3. The molecular weight excluding hydrogens is 374 g/mol. The predicted octanol–water partition coefficient (Wildman–Crippen LogP) is 7.11. The summed E-state index contributed by atoms with van der Waals surface area (Å²) in [6, 6.07) is 0. The van der Waals surface area contributed by atoms with Gasteiger partial charge in [0.25, 0.3) is 0 Å². The van der Waals surface area contributed by atoms with Gasteiger partial charge in [0, 0.05) is 0 Å². The van der Waals surface area contributed by atoms with E-state index < -0.39 is 10.4 Å². The highest BCUT2D eigenvalue weighted by Crippen LogP contribution is 2.14. The van der Waals surface area contributed by atoms with E-state index in [9.17, 15) is 0 Å². The van der Waals surface area contributed by atoms with Gasteiger partial charge in [-0.25, -0.2) is 0 Å². The summed E-state index contributed by atoms with van der Waals surface area (Å²) in [5.41, 5.74) is 5.51. The van der Waals surface area contributed by atoms with E-state index in [1.807, 2.05) is 0 Å². The van der Waals surface area contributed by atoms with Gasteiger partial charge in [-0.1, -0.05) is 129 Å². The van der Waals surface area contributed by atoms with Gasteiger partial charge in [-0.15, -0.1) is 0 Å². The minimum atomic E-state index is -4.67. The average Bonchev–Trinajstić information content (AvgIpc) is 2.62. The Morgan fingerprint density at radius 1 is 0.500 bits per heavy atom. The molecule has 0 radical (unpaired) electrons. The van der Waals surface area contributed by atoms with Crippen LogP contribution in [0.3, 0.4) is 0 Å². The van der Waals surface area contributed by atoms with Crippen molar-refractivity contribution in [3.05, 3.63) is 0 Å². The summed E-state index contributed by atoms with van der Waals surface area (Å²) in [6.45, 7) is 3.17. The van der Waals surface area contributed by atoms with Gasteiger partial charge in [-0.2, -0.15) is 8.42 Å². The molecule has 0 aliphatic rings. The van der Waals surface area contributed by atoms with Crippen LogP contribution in [0.1, 0.15) is 135 Å². The van der Waals surface area contributed by atoms with E-state index in [0.717, 1.165) is 6.54 Å². The van der Waals surface area contributed by atoms with E-state index in [2.05, 4.69) is 6.92 Å². The van der Waals surface area contributed by atoms with Crippen LogP contribution in [0.2, 0.25) is 0 Å². The van der Waals surface area contributed by atoms with Gasteiger partial charge in [-0.3, -0.25) is 9.11 Å². The molecule has 0 unspecified atom stereocenters. The fourth-order valence-electron chi connectivity index (χ4n) is 3.40. The van der Waals surface area contributed by atoms with E-state index >= 15 is 0 Å². The third kappa shape index (κ3) is 40.5. The number of unbranched alkanes of at least 4 members (excludes halogenated alkanes) is 19. The van der Waals surface area contributed by atoms with Crippen LogP contribution in [0.4, 0.5) is 0 Å². The first-order valence-corrected chi connectivity index (χ1v) is 13.2. The van der Waals surface area contributed by atoms with Crippen LogP contribution >= 0.6 is 0 Å². The molecule has 6 heteroatoms. The third-order valence-electron chi connectivity index (χ3n) is 5.06. The minimum absolute atomic E-state index is 0.874. The molecule has 172 valence electrons. The summed E-state index contributed by atoms with van der Waals surface area (Å²) < 4.78 is 31.6. The Hall–Kier alpha value is -0.170. The Balaban J connectivity index is 0. The first kappa shape index (κ1) is 30.0. The Kier molecular flexibility index (Phi) is 26.7. The molecule has 5 nitrogen and oxygen atoms in total. The van der Waals surface area contributed by atoms with E-state index in [0.29, 0.717) is 0 Å². The molecule has 4 N–H and O–H groups in total. The summed E-state index contributed by atoms with van der Waals surface area (Å²) in [5, 5.41) is 0. The molecule has 0 atom stereocenters. The standard InChI is InChI=1S/C22H47N.H2O4S/c1-2-3-4-5-6-7-8-9-10-11-12-13-14-15-16-17-18-19-20-21-22-23;1-5(2,3)4/h2-23H2,1H3;(H2,1,2,3,4). The molecule has 0 aromatic rings. The first-order chi connectivity index (χ1) is 13.4. The topological polar surface area (TPSA) is 101 Å². The molecule has 0 aromatic heterocycles. The SMILES string of the molecule is CCCCCCCCCCCCCCCCCCCCCCN.O=S(=O)(O)O. The number of hydrogen-bond donors (Lipinski definition) is 3. The van der Waals surface area contributed by atoms with E-state index in [1.54, 1.807) is 0 Å². The molecule has 0 amide bonds. The van der Waals surface area contributed by atoms with E-state index in [1.165, 1.54) is 128 Å². The molecule has 0 aliphatic heterocycles. The lowest BCUT2D eigenvalue weighted by molar-refractivity contribution is 0.381. The Labute approximate surface area is 175 Å². The van der Waals surface area contributed by atoms with Gasteiger partial charge in [0.2, 0.25) is 0 Å². The normalized spacial score (nSPS) is 11.3. The van der Waals surface area contributed by atoms with Crippen molar-refractivity contribution in [2.45, 2.75) is 135 Å². The van der Waals surface area contributed by atoms with Crippen molar-refractivity contribution < 1.29 is 17.5 Å². The zero-order valence-corrected chi connectivity index (χ0v) is 19.4. The van der Waals surface area contributed by atoms with Crippen LogP contribution in [0.15, 0.2) is 0 Å². The van der Waals surface area contributed by atoms with Crippen molar-refractivity contribution in [1.29, 1.82) is 0 Å². The fraction of sp³-hybridized carbons (Fsp3) is 1.00. The Bertz CT molecular complexity index is 347. The molecule has 0 aliphatic carbocycles. The van der Waals surface area contributed by atoms with Gasteiger partial charge in [0.15, 0.2) is 0 Å². The molecule has 0 aromatic carbocycles. The molecule has 0 fully saturated rings. The summed E-state index contributed by atoms with van der Waals surface area (Å²) >= 11 is 0. The highest BCUT2D eigenvalue weighted by atomic mass is 32.3. The molecule has 28 heavy (non-hydrogen) atoms. The monoisotopic (exact) mass is 423 g/mol. The Morgan fingerprint density at radius 2 is 0.679 bits per heavy atom. The smallest absolute Gasteiger partial charge is 0.330 e. The molecule has 0 spiro atoms. The quantitative estimate of drug-likeness (QED) is 0.143. The maximum atomic E-state index is 8.74. The van der Waals surface area contributed by atoms with Crippen molar-refractivity contribution in [1.82, 2.24) is 0 Å². The molecule has 0 saturated carbocycles. The first-order valence-electron chi connectivity index (χ1n) is 11.8. The van der Waals surface area contributed by atoms with Gasteiger partial charge in [-0.05, 0) is 13.0 Å². The van der Waals surface area contributed by atoms with Crippen molar-refractivity contribution in [3.8, 4) is 0 Å². The van der Waals surface area contributed by atoms with Crippen LogP contribution in [0.25, 0.3) is 0 Å². The highest BCUT2D eigenvalue weighted by molar-refractivity contribution is 7.79. The lowest BCUT2D eigenvalue weighted by Crippen LogP contribution is -1.97. The second-order valence-corrected chi connectivity index (χ2v) is 8.85. The fourth-order valence-corrected chi connectivity index (χ4v) is 3.40. The van der Waals surface area contributed by atoms with Crippen LogP contribution in [0.5, 0.6) is 0 Å². The van der Waals surface area contributed by atoms with Crippen LogP contribution in [-0.4, -0.2) is 24.1 Å². The zero-order chi connectivity index (χ0) is 21.3. The van der Waals surface area contributed by atoms with Gasteiger partial charge >= 0.3 is 10.4 Å². The van der Waals surface area contributed by atoms with E-state index in [4.69, 9.17) is 23.3 Å². The predicted molar refractivity (Wildman–Crippen MR) is 121 cm³/mol. The van der Waals surface area contributed by atoms with Crippen molar-refractivity contribution >= 4 is 10.4 Å². The summed E-state index contributed by atoms with van der Waals surface area (Å²) in [6.07, 6.45) is 28.8. The second-order valence-electron chi connectivity index (χ2n) is 7.95. The van der Waals surface area contributed by atoms with Crippen LogP contribution in [0, 0.1) is 0 Å². The molecule has 0 bridgehead atoms. The maximum Gasteiger partial charge on any atom is 0.394 e. The molecule has 0 heterocycles. The summed E-state index contributed by atoms with van der Waals surface area (Å²) in [4.78, 5) is 0. The lowest BCUT2D eigenvalue weighted by Gasteiger charge is -2.04. The molecule has 0 rings (SSSR count). The highest BCUT2D eigenvalue weighted by Gasteiger charge is 1.95. The second kappa shape index (κ2) is 24.9. The van der Waals surface area contributed by atoms with Gasteiger partial charge in [0.05, 0.1) is 0 Å². The van der Waals surface area contributed by atoms with Crippen molar-refractivity contribution in [2.24, 2.45) is 5.73 Å². The number of rotatable bonds is 20. The van der Waals surface area contributed by atoms with Crippen molar-refractivity contribution in [3.63, 3.8) is 0 Å². The summed E-state index contributed by atoms with van der Waals surface area (Å²) in [5.74, 6) is 0. The largest absolute Gasteiger partial charge is 0.394 e. The average molecular weight is 424 g/mol. The van der Waals surface area contributed by atoms with Crippen LogP contribution in [-0.2, 0) is 10.4 Å².